The first kappa shape index (κ1) is 19.3. The molecule has 4 rings (SSSR count). The fraction of sp³-hybridized carbons (Fsp3) is 0.0870. The summed E-state index contributed by atoms with van der Waals surface area (Å²) in [6.07, 6.45) is 0. The van der Waals surface area contributed by atoms with Gasteiger partial charge in [0.25, 0.3) is 11.5 Å². The van der Waals surface area contributed by atoms with Gasteiger partial charge in [0.05, 0.1) is 12.5 Å². The second kappa shape index (κ2) is 8.16. The standard InChI is InChI=1S/C23H18FN3O3/c1-30-20-9-5-4-8-19(20)27-23(29)18-7-3-2-6-17(18)21(26-27)22(28)25-14-15-10-12-16(24)13-11-15/h2-13H,14H2,1H3,(H,25,28). The summed E-state index contributed by atoms with van der Waals surface area (Å²) in [5, 5.41) is 7.96. The van der Waals surface area contributed by atoms with Gasteiger partial charge in [-0.15, -0.1) is 0 Å². The van der Waals surface area contributed by atoms with E-state index in [-0.39, 0.29) is 23.6 Å². The van der Waals surface area contributed by atoms with Gasteiger partial charge in [0, 0.05) is 11.9 Å². The van der Waals surface area contributed by atoms with Gasteiger partial charge in [-0.1, -0.05) is 42.5 Å². The van der Waals surface area contributed by atoms with Crippen molar-refractivity contribution in [1.29, 1.82) is 0 Å². The number of nitrogens with one attached hydrogen (secondary N) is 1. The van der Waals surface area contributed by atoms with Crippen LogP contribution in [0.5, 0.6) is 5.75 Å². The summed E-state index contributed by atoms with van der Waals surface area (Å²) in [5.41, 5.74) is 0.929. The number of aromatic nitrogens is 2. The summed E-state index contributed by atoms with van der Waals surface area (Å²) in [7, 11) is 1.50. The van der Waals surface area contributed by atoms with Crippen molar-refractivity contribution in [3.05, 3.63) is 100 Å². The monoisotopic (exact) mass is 403 g/mol. The Morgan fingerprint density at radius 1 is 1.00 bits per heavy atom. The SMILES string of the molecule is COc1ccccc1-n1nc(C(=O)NCc2ccc(F)cc2)c2ccccc2c1=O. The fourth-order valence-corrected chi connectivity index (χ4v) is 3.19. The maximum absolute atomic E-state index is 13.1. The molecule has 1 N–H and O–H groups in total. The van der Waals surface area contributed by atoms with E-state index in [0.29, 0.717) is 22.2 Å². The van der Waals surface area contributed by atoms with Crippen LogP contribution in [0.3, 0.4) is 0 Å². The Morgan fingerprint density at radius 2 is 1.67 bits per heavy atom. The molecule has 150 valence electrons. The molecule has 0 aliphatic heterocycles. The van der Waals surface area contributed by atoms with Crippen LogP contribution >= 0.6 is 0 Å². The van der Waals surface area contributed by atoms with Gasteiger partial charge in [0.2, 0.25) is 0 Å². The highest BCUT2D eigenvalue weighted by Gasteiger charge is 2.18. The number of ether oxygens (including phenoxy) is 1. The smallest absolute Gasteiger partial charge is 0.279 e. The summed E-state index contributed by atoms with van der Waals surface area (Å²) in [6.45, 7) is 0.197. The van der Waals surface area contributed by atoms with Crippen molar-refractivity contribution < 1.29 is 13.9 Å². The second-order valence-corrected chi connectivity index (χ2v) is 6.59. The third-order valence-electron chi connectivity index (χ3n) is 4.70. The van der Waals surface area contributed by atoms with E-state index < -0.39 is 5.91 Å². The molecule has 0 aliphatic rings. The molecule has 3 aromatic carbocycles. The number of halogens is 1. The Morgan fingerprint density at radius 3 is 2.40 bits per heavy atom. The minimum absolute atomic E-state index is 0.109. The van der Waals surface area contributed by atoms with Gasteiger partial charge in [-0.25, -0.2) is 4.39 Å². The van der Waals surface area contributed by atoms with E-state index in [4.69, 9.17) is 4.74 Å². The van der Waals surface area contributed by atoms with Gasteiger partial charge in [-0.2, -0.15) is 9.78 Å². The number of para-hydroxylation sites is 2. The molecule has 4 aromatic rings. The van der Waals surface area contributed by atoms with Crippen LogP contribution in [0.4, 0.5) is 4.39 Å². The first-order valence-electron chi connectivity index (χ1n) is 9.26. The minimum atomic E-state index is -0.445. The van der Waals surface area contributed by atoms with Crippen molar-refractivity contribution in [3.63, 3.8) is 0 Å². The molecular formula is C23H18FN3O3. The van der Waals surface area contributed by atoms with E-state index in [1.807, 2.05) is 0 Å². The topological polar surface area (TPSA) is 73.2 Å². The molecule has 0 saturated carbocycles. The van der Waals surface area contributed by atoms with E-state index >= 15 is 0 Å². The number of nitrogens with zero attached hydrogens (tertiary/aromatic N) is 2. The second-order valence-electron chi connectivity index (χ2n) is 6.59. The molecule has 0 saturated heterocycles. The van der Waals surface area contributed by atoms with Crippen molar-refractivity contribution in [2.24, 2.45) is 0 Å². The number of carbonyl (C=O) groups excluding carboxylic acids is 1. The first-order valence-corrected chi connectivity index (χ1v) is 9.26. The highest BCUT2D eigenvalue weighted by Crippen LogP contribution is 2.22. The van der Waals surface area contributed by atoms with Gasteiger partial charge >= 0.3 is 0 Å². The molecule has 0 aliphatic carbocycles. The van der Waals surface area contributed by atoms with Crippen molar-refractivity contribution in [3.8, 4) is 11.4 Å². The average molecular weight is 403 g/mol. The van der Waals surface area contributed by atoms with Crippen molar-refractivity contribution >= 4 is 16.7 Å². The van der Waals surface area contributed by atoms with E-state index in [9.17, 15) is 14.0 Å². The number of rotatable bonds is 5. The van der Waals surface area contributed by atoms with Crippen LogP contribution in [-0.4, -0.2) is 22.8 Å². The molecule has 1 amide bonds. The molecule has 0 spiro atoms. The quantitative estimate of drug-likeness (QED) is 0.554. The molecule has 0 bridgehead atoms. The van der Waals surface area contributed by atoms with E-state index in [1.54, 1.807) is 60.7 Å². The van der Waals surface area contributed by atoms with E-state index in [0.717, 1.165) is 5.56 Å². The molecule has 7 heteroatoms. The number of hydrogen-bond acceptors (Lipinski definition) is 4. The third kappa shape index (κ3) is 3.65. The summed E-state index contributed by atoms with van der Waals surface area (Å²) >= 11 is 0. The van der Waals surface area contributed by atoms with E-state index in [1.165, 1.54) is 23.9 Å². The lowest BCUT2D eigenvalue weighted by molar-refractivity contribution is 0.0946. The summed E-state index contributed by atoms with van der Waals surface area (Å²) < 4.78 is 19.6. The van der Waals surface area contributed by atoms with Crippen molar-refractivity contribution in [1.82, 2.24) is 15.1 Å². The summed E-state index contributed by atoms with van der Waals surface area (Å²) in [5.74, 6) is -0.333. The molecule has 1 heterocycles. The lowest BCUT2D eigenvalue weighted by Crippen LogP contribution is -2.30. The average Bonchev–Trinajstić information content (AvgIpc) is 2.79. The molecule has 0 unspecified atom stereocenters. The molecule has 6 nitrogen and oxygen atoms in total. The highest BCUT2D eigenvalue weighted by atomic mass is 19.1. The molecular weight excluding hydrogens is 385 g/mol. The zero-order valence-electron chi connectivity index (χ0n) is 16.1. The predicted octanol–water partition coefficient (Wildman–Crippen LogP) is 3.46. The zero-order chi connectivity index (χ0) is 21.1. The Labute approximate surface area is 171 Å². The van der Waals surface area contributed by atoms with Gasteiger partial charge in [0.1, 0.15) is 17.3 Å². The lowest BCUT2D eigenvalue weighted by Gasteiger charge is -2.13. The van der Waals surface area contributed by atoms with Crippen molar-refractivity contribution in [2.45, 2.75) is 6.54 Å². The predicted molar refractivity (Wildman–Crippen MR) is 111 cm³/mol. The third-order valence-corrected chi connectivity index (χ3v) is 4.70. The summed E-state index contributed by atoms with van der Waals surface area (Å²) in [6, 6.07) is 19.6. The Balaban J connectivity index is 1.79. The van der Waals surface area contributed by atoms with Crippen LogP contribution in [0.25, 0.3) is 16.5 Å². The van der Waals surface area contributed by atoms with Crippen LogP contribution in [-0.2, 0) is 6.54 Å². The van der Waals surface area contributed by atoms with Crippen LogP contribution in [0, 0.1) is 5.82 Å². The molecule has 0 fully saturated rings. The number of fused-ring (bicyclic) bond motifs is 1. The van der Waals surface area contributed by atoms with Gasteiger partial charge in [-0.3, -0.25) is 9.59 Å². The van der Waals surface area contributed by atoms with Gasteiger partial charge < -0.3 is 10.1 Å². The highest BCUT2D eigenvalue weighted by molar-refractivity contribution is 6.04. The van der Waals surface area contributed by atoms with E-state index in [2.05, 4.69) is 10.4 Å². The number of methoxy groups -OCH3 is 1. The van der Waals surface area contributed by atoms with Crippen LogP contribution in [0.2, 0.25) is 0 Å². The fourth-order valence-electron chi connectivity index (χ4n) is 3.19. The lowest BCUT2D eigenvalue weighted by atomic mass is 10.1. The number of amides is 1. The molecule has 30 heavy (non-hydrogen) atoms. The van der Waals surface area contributed by atoms with Crippen LogP contribution in [0.15, 0.2) is 77.6 Å². The Kier molecular flexibility index (Phi) is 5.26. The Hall–Kier alpha value is -4.00. The number of hydrogen-bond donors (Lipinski definition) is 1. The summed E-state index contributed by atoms with van der Waals surface area (Å²) in [4.78, 5) is 26.0. The molecule has 1 aromatic heterocycles. The Bertz CT molecular complexity index is 1280. The van der Waals surface area contributed by atoms with Crippen LogP contribution in [0.1, 0.15) is 16.1 Å². The van der Waals surface area contributed by atoms with Crippen molar-refractivity contribution in [2.75, 3.05) is 7.11 Å². The van der Waals surface area contributed by atoms with Gasteiger partial charge in [0.15, 0.2) is 5.69 Å². The molecule has 0 radical (unpaired) electrons. The number of benzene rings is 3. The largest absolute Gasteiger partial charge is 0.494 e. The van der Waals surface area contributed by atoms with Gasteiger partial charge in [-0.05, 0) is 35.9 Å². The number of carbonyl (C=O) groups is 1. The molecule has 0 atom stereocenters. The normalized spacial score (nSPS) is 10.7. The maximum Gasteiger partial charge on any atom is 0.279 e. The minimum Gasteiger partial charge on any atom is -0.494 e. The first-order chi connectivity index (χ1) is 14.6. The van der Waals surface area contributed by atoms with Crippen LogP contribution < -0.4 is 15.6 Å². The maximum atomic E-state index is 13.1. The zero-order valence-corrected chi connectivity index (χ0v) is 16.1.